The number of hydrogen-bond acceptors (Lipinski definition) is 3. The van der Waals surface area contributed by atoms with Crippen molar-refractivity contribution < 1.29 is 4.79 Å². The molecule has 2 aromatic heterocycles. The summed E-state index contributed by atoms with van der Waals surface area (Å²) >= 11 is 5.88. The van der Waals surface area contributed by atoms with Crippen molar-refractivity contribution in [3.63, 3.8) is 0 Å². The summed E-state index contributed by atoms with van der Waals surface area (Å²) in [5.74, 6) is -0.0993. The van der Waals surface area contributed by atoms with E-state index in [4.69, 9.17) is 12.2 Å². The number of hydrogen-bond donors (Lipinski definition) is 2. The summed E-state index contributed by atoms with van der Waals surface area (Å²) in [7, 11) is 0. The lowest BCUT2D eigenvalue weighted by Gasteiger charge is -2.28. The Labute approximate surface area is 217 Å². The van der Waals surface area contributed by atoms with Gasteiger partial charge in [0.05, 0.1) is 17.8 Å². The largest absolute Gasteiger partial charge is 0.351 e. The molecule has 7 heteroatoms. The van der Waals surface area contributed by atoms with E-state index in [9.17, 15) is 4.79 Å². The molecule has 2 aromatic carbocycles. The second-order valence-electron chi connectivity index (χ2n) is 9.23. The van der Waals surface area contributed by atoms with E-state index >= 15 is 0 Å². The van der Waals surface area contributed by atoms with E-state index in [1.807, 2.05) is 48.7 Å². The van der Waals surface area contributed by atoms with Crippen molar-refractivity contribution in [2.45, 2.75) is 39.8 Å². The monoisotopic (exact) mass is 495 g/mol. The van der Waals surface area contributed by atoms with E-state index in [1.54, 1.807) is 0 Å². The molecule has 2 atom stereocenters. The number of nitrogens with zero attached hydrogens (tertiary/aromatic N) is 3. The van der Waals surface area contributed by atoms with Gasteiger partial charge in [-0.05, 0) is 98.7 Å². The number of amides is 1. The number of thiocarbonyl (C=S) groups is 1. The number of anilines is 2. The molecule has 5 rings (SSSR count). The topological polar surface area (TPSA) is 62.2 Å². The van der Waals surface area contributed by atoms with Crippen molar-refractivity contribution in [1.82, 2.24) is 14.9 Å². The molecule has 1 saturated heterocycles. The van der Waals surface area contributed by atoms with Crippen LogP contribution < -0.4 is 15.5 Å². The van der Waals surface area contributed by atoms with Crippen molar-refractivity contribution in [2.75, 3.05) is 10.2 Å². The number of carbonyl (C=O) groups is 1. The molecule has 36 heavy (non-hydrogen) atoms. The number of rotatable bonds is 5. The Morgan fingerprint density at radius 3 is 2.42 bits per heavy atom. The molecule has 0 radical (unpaired) electrons. The van der Waals surface area contributed by atoms with Gasteiger partial charge in [-0.25, -0.2) is 0 Å². The first-order valence-electron chi connectivity index (χ1n) is 12.0. The zero-order valence-electron chi connectivity index (χ0n) is 20.8. The standard InChI is InChI=1S/C29H29N5OS/c1-18-8-7-9-24(16-18)33-19(2)17-25(20(33)3)28-27(26-10-5-6-15-30-26)32-29(36)34(28)23-13-11-22(12-14-23)31-21(4)35/h5-17,27-28H,1-4H3,(H,31,35)(H,32,36)/t27-,28+/m1/s1. The van der Waals surface area contributed by atoms with Gasteiger partial charge in [-0.1, -0.05) is 18.2 Å². The van der Waals surface area contributed by atoms with Crippen LogP contribution in [0, 0.1) is 20.8 Å². The second kappa shape index (κ2) is 9.59. The molecule has 0 spiro atoms. The summed E-state index contributed by atoms with van der Waals surface area (Å²) in [6, 6.07) is 24.3. The maximum atomic E-state index is 11.5. The Hall–Kier alpha value is -3.97. The van der Waals surface area contributed by atoms with E-state index in [2.05, 4.69) is 76.2 Å². The molecule has 0 unspecified atom stereocenters. The minimum Gasteiger partial charge on any atom is -0.351 e. The van der Waals surface area contributed by atoms with Gasteiger partial charge < -0.3 is 20.1 Å². The van der Waals surface area contributed by atoms with Crippen LogP contribution in [0.15, 0.2) is 79.0 Å². The van der Waals surface area contributed by atoms with E-state index < -0.39 is 0 Å². The first kappa shape index (κ1) is 23.8. The molecule has 1 aliphatic rings. The molecule has 0 aliphatic carbocycles. The van der Waals surface area contributed by atoms with Gasteiger partial charge in [0.25, 0.3) is 0 Å². The van der Waals surface area contributed by atoms with Crippen LogP contribution in [0.1, 0.15) is 47.2 Å². The third-order valence-corrected chi connectivity index (χ3v) is 6.93. The Kier molecular flexibility index (Phi) is 6.33. The Morgan fingerprint density at radius 1 is 0.972 bits per heavy atom. The fourth-order valence-corrected chi connectivity index (χ4v) is 5.45. The van der Waals surface area contributed by atoms with E-state index in [1.165, 1.54) is 18.1 Å². The maximum absolute atomic E-state index is 11.5. The maximum Gasteiger partial charge on any atom is 0.221 e. The van der Waals surface area contributed by atoms with Gasteiger partial charge in [0.2, 0.25) is 5.91 Å². The predicted octanol–water partition coefficient (Wildman–Crippen LogP) is 5.93. The normalized spacial score (nSPS) is 17.2. The van der Waals surface area contributed by atoms with E-state index in [0.717, 1.165) is 34.1 Å². The van der Waals surface area contributed by atoms with Crippen LogP contribution in [-0.4, -0.2) is 20.6 Å². The molecule has 1 aliphatic heterocycles. The minimum atomic E-state index is -0.125. The van der Waals surface area contributed by atoms with E-state index in [0.29, 0.717) is 5.11 Å². The molecule has 4 aromatic rings. The highest BCUT2D eigenvalue weighted by Gasteiger charge is 2.42. The lowest BCUT2D eigenvalue weighted by molar-refractivity contribution is -0.114. The molecule has 2 N–H and O–H groups in total. The van der Waals surface area contributed by atoms with Crippen LogP contribution in [0.25, 0.3) is 5.69 Å². The Bertz CT molecular complexity index is 1430. The Morgan fingerprint density at radius 2 is 1.75 bits per heavy atom. The first-order valence-corrected chi connectivity index (χ1v) is 12.4. The van der Waals surface area contributed by atoms with Crippen LogP contribution >= 0.6 is 12.2 Å². The third-order valence-electron chi connectivity index (χ3n) is 6.61. The molecule has 1 fully saturated rings. The van der Waals surface area contributed by atoms with Crippen molar-refractivity contribution in [2.24, 2.45) is 0 Å². The summed E-state index contributed by atoms with van der Waals surface area (Å²) in [5.41, 5.74) is 8.50. The second-order valence-corrected chi connectivity index (χ2v) is 9.61. The summed E-state index contributed by atoms with van der Waals surface area (Å²) in [6.45, 7) is 7.92. The summed E-state index contributed by atoms with van der Waals surface area (Å²) in [4.78, 5) is 18.3. The molecule has 0 bridgehead atoms. The van der Waals surface area contributed by atoms with Gasteiger partial charge in [-0.15, -0.1) is 0 Å². The molecule has 0 saturated carbocycles. The van der Waals surface area contributed by atoms with Crippen LogP contribution in [0.4, 0.5) is 11.4 Å². The molecule has 3 heterocycles. The van der Waals surface area contributed by atoms with Crippen molar-refractivity contribution in [3.8, 4) is 5.69 Å². The van der Waals surface area contributed by atoms with Crippen LogP contribution in [0.3, 0.4) is 0 Å². The van der Waals surface area contributed by atoms with Gasteiger partial charge in [0.1, 0.15) is 0 Å². The number of nitrogens with one attached hydrogen (secondary N) is 2. The number of aryl methyl sites for hydroxylation is 2. The van der Waals surface area contributed by atoms with Gasteiger partial charge in [-0.3, -0.25) is 9.78 Å². The van der Waals surface area contributed by atoms with Crippen LogP contribution in [0.2, 0.25) is 0 Å². The summed E-state index contributed by atoms with van der Waals surface area (Å²) in [6.07, 6.45) is 1.82. The van der Waals surface area contributed by atoms with Crippen LogP contribution in [0.5, 0.6) is 0 Å². The highest BCUT2D eigenvalue weighted by Crippen LogP contribution is 2.43. The number of carbonyl (C=O) groups excluding carboxylic acids is 1. The quantitative estimate of drug-likeness (QED) is 0.336. The Balaban J connectivity index is 1.63. The number of aromatic nitrogens is 2. The molecule has 6 nitrogen and oxygen atoms in total. The molecule has 1 amide bonds. The van der Waals surface area contributed by atoms with Gasteiger partial charge in [0.15, 0.2) is 5.11 Å². The lowest BCUT2D eigenvalue weighted by atomic mass is 9.96. The average molecular weight is 496 g/mol. The summed E-state index contributed by atoms with van der Waals surface area (Å²) in [5, 5.41) is 7.01. The lowest BCUT2D eigenvalue weighted by Crippen LogP contribution is -2.29. The van der Waals surface area contributed by atoms with Crippen LogP contribution in [-0.2, 0) is 4.79 Å². The minimum absolute atomic E-state index is 0.0993. The van der Waals surface area contributed by atoms with E-state index in [-0.39, 0.29) is 18.0 Å². The van der Waals surface area contributed by atoms with Gasteiger partial charge in [0, 0.05) is 41.6 Å². The average Bonchev–Trinajstić information content (AvgIpc) is 3.35. The smallest absolute Gasteiger partial charge is 0.221 e. The fourth-order valence-electron chi connectivity index (χ4n) is 5.11. The van der Waals surface area contributed by atoms with Gasteiger partial charge in [-0.2, -0.15) is 0 Å². The third kappa shape index (κ3) is 4.38. The zero-order chi connectivity index (χ0) is 25.4. The van der Waals surface area contributed by atoms with Crippen molar-refractivity contribution >= 4 is 34.6 Å². The van der Waals surface area contributed by atoms with Crippen molar-refractivity contribution in [3.05, 3.63) is 107 Å². The zero-order valence-corrected chi connectivity index (χ0v) is 21.6. The SMILES string of the molecule is CC(=O)Nc1ccc(N2C(=S)N[C@H](c3ccccn3)[C@@H]2c2cc(C)n(-c3cccc(C)c3)c2C)cc1. The highest BCUT2D eigenvalue weighted by molar-refractivity contribution is 7.80. The molecule has 182 valence electrons. The molecular formula is C29H29N5OS. The van der Waals surface area contributed by atoms with Gasteiger partial charge >= 0.3 is 0 Å². The fraction of sp³-hybridized carbons (Fsp3) is 0.207. The van der Waals surface area contributed by atoms with Crippen molar-refractivity contribution in [1.29, 1.82) is 0 Å². The number of pyridine rings is 1. The predicted molar refractivity (Wildman–Crippen MR) is 149 cm³/mol. The summed E-state index contributed by atoms with van der Waals surface area (Å²) < 4.78 is 2.30. The molecular weight excluding hydrogens is 466 g/mol. The first-order chi connectivity index (χ1) is 17.3. The highest BCUT2D eigenvalue weighted by atomic mass is 32.1. The number of benzene rings is 2.